The van der Waals surface area contributed by atoms with Gasteiger partial charge in [0.25, 0.3) is 0 Å². The van der Waals surface area contributed by atoms with Crippen LogP contribution in [0, 0.1) is 11.8 Å². The molecule has 0 amide bonds. The van der Waals surface area contributed by atoms with Crippen LogP contribution in [-0.2, 0) is 0 Å². The van der Waals surface area contributed by atoms with Crippen LogP contribution in [0.2, 0.25) is 5.02 Å². The highest BCUT2D eigenvalue weighted by Crippen LogP contribution is 2.30. The molecule has 1 fully saturated rings. The molecule has 156 valence electrons. The van der Waals surface area contributed by atoms with Gasteiger partial charge in [-0.2, -0.15) is 0 Å². The van der Waals surface area contributed by atoms with Gasteiger partial charge >= 0.3 is 0 Å². The summed E-state index contributed by atoms with van der Waals surface area (Å²) in [6, 6.07) is 13.9. The number of hydrogen-bond acceptors (Lipinski definition) is 4. The molecule has 1 heterocycles. The van der Waals surface area contributed by atoms with Crippen LogP contribution < -0.4 is 11.1 Å². The maximum atomic E-state index is 6.23. The molecule has 1 saturated carbocycles. The third-order valence-electron chi connectivity index (χ3n) is 5.75. The first-order valence-electron chi connectivity index (χ1n) is 10.5. The number of hydrogen-bond donors (Lipinski definition) is 2. The molecule has 0 saturated heterocycles. The molecule has 0 aliphatic heterocycles. The Morgan fingerprint density at radius 2 is 1.87 bits per heavy atom. The van der Waals surface area contributed by atoms with Crippen LogP contribution in [0.5, 0.6) is 0 Å². The standard InChI is InChI=1S/C24H26BrClN4/c25-19-7-4-16(5-8-19)6-11-23-29-22-13-20(26)9-10-21(22)24(30-23)28-15-18-3-1-2-17(12-18)14-27/h4-11,13,17-18H,1-3,12,14-15,27H2,(H,28,29,30)/b11-6+. The Bertz CT molecular complexity index is 1040. The molecule has 2 unspecified atom stereocenters. The largest absolute Gasteiger partial charge is 0.369 e. The van der Waals surface area contributed by atoms with E-state index in [9.17, 15) is 0 Å². The van der Waals surface area contributed by atoms with Crippen molar-refractivity contribution in [1.29, 1.82) is 0 Å². The summed E-state index contributed by atoms with van der Waals surface area (Å²) >= 11 is 9.69. The first-order valence-corrected chi connectivity index (χ1v) is 11.6. The Hall–Kier alpha value is -1.95. The van der Waals surface area contributed by atoms with E-state index in [-0.39, 0.29) is 0 Å². The molecule has 1 aliphatic carbocycles. The fraction of sp³-hybridized carbons (Fsp3) is 0.333. The van der Waals surface area contributed by atoms with Gasteiger partial charge < -0.3 is 11.1 Å². The summed E-state index contributed by atoms with van der Waals surface area (Å²) in [5.41, 5.74) is 7.85. The Balaban J connectivity index is 1.58. The lowest BCUT2D eigenvalue weighted by Crippen LogP contribution is -2.26. The zero-order valence-corrected chi connectivity index (χ0v) is 19.2. The van der Waals surface area contributed by atoms with Crippen LogP contribution in [0.15, 0.2) is 46.9 Å². The third kappa shape index (κ3) is 5.39. The molecule has 4 rings (SSSR count). The topological polar surface area (TPSA) is 63.8 Å². The Morgan fingerprint density at radius 3 is 2.67 bits per heavy atom. The minimum absolute atomic E-state index is 0.631. The van der Waals surface area contributed by atoms with E-state index in [1.807, 2.05) is 42.5 Å². The lowest BCUT2D eigenvalue weighted by molar-refractivity contribution is 0.281. The van der Waals surface area contributed by atoms with Gasteiger partial charge in [0.1, 0.15) is 5.82 Å². The maximum Gasteiger partial charge on any atom is 0.154 e. The molecular formula is C24H26BrClN4. The van der Waals surface area contributed by atoms with Gasteiger partial charge in [0.2, 0.25) is 0 Å². The van der Waals surface area contributed by atoms with Gasteiger partial charge in [-0.3, -0.25) is 0 Å². The molecule has 30 heavy (non-hydrogen) atoms. The Morgan fingerprint density at radius 1 is 1.07 bits per heavy atom. The Labute approximate surface area is 191 Å². The minimum atomic E-state index is 0.631. The smallest absolute Gasteiger partial charge is 0.154 e. The zero-order valence-electron chi connectivity index (χ0n) is 16.8. The lowest BCUT2D eigenvalue weighted by atomic mass is 9.81. The highest BCUT2D eigenvalue weighted by atomic mass is 79.9. The van der Waals surface area contributed by atoms with Crippen LogP contribution >= 0.6 is 27.5 Å². The molecule has 1 aliphatic rings. The Kier molecular flexibility index (Phi) is 7.03. The van der Waals surface area contributed by atoms with E-state index in [4.69, 9.17) is 27.3 Å². The second-order valence-electron chi connectivity index (χ2n) is 7.99. The van der Waals surface area contributed by atoms with Gasteiger partial charge in [-0.25, -0.2) is 9.97 Å². The number of nitrogens with zero attached hydrogens (tertiary/aromatic N) is 2. The third-order valence-corrected chi connectivity index (χ3v) is 6.52. The van der Waals surface area contributed by atoms with Crippen molar-refractivity contribution in [1.82, 2.24) is 9.97 Å². The number of aromatic nitrogens is 2. The second kappa shape index (κ2) is 9.90. The number of benzene rings is 2. The normalized spacial score (nSPS) is 19.4. The van der Waals surface area contributed by atoms with Crippen molar-refractivity contribution in [2.24, 2.45) is 17.6 Å². The van der Waals surface area contributed by atoms with E-state index in [0.29, 0.717) is 22.7 Å². The molecule has 4 nitrogen and oxygen atoms in total. The molecule has 0 radical (unpaired) electrons. The number of halogens is 2. The van der Waals surface area contributed by atoms with Crippen LogP contribution in [-0.4, -0.2) is 23.1 Å². The monoisotopic (exact) mass is 484 g/mol. The van der Waals surface area contributed by atoms with Crippen molar-refractivity contribution >= 4 is 56.4 Å². The van der Waals surface area contributed by atoms with Gasteiger partial charge in [0.05, 0.1) is 5.52 Å². The highest BCUT2D eigenvalue weighted by Gasteiger charge is 2.21. The van der Waals surface area contributed by atoms with E-state index in [0.717, 1.165) is 39.8 Å². The van der Waals surface area contributed by atoms with E-state index in [1.54, 1.807) is 0 Å². The first kappa shape index (κ1) is 21.3. The van der Waals surface area contributed by atoms with E-state index < -0.39 is 0 Å². The van der Waals surface area contributed by atoms with Crippen molar-refractivity contribution in [3.05, 3.63) is 63.3 Å². The quantitative estimate of drug-likeness (QED) is 0.424. The highest BCUT2D eigenvalue weighted by molar-refractivity contribution is 9.10. The number of rotatable bonds is 6. The average Bonchev–Trinajstić information content (AvgIpc) is 2.77. The van der Waals surface area contributed by atoms with Crippen molar-refractivity contribution in [2.75, 3.05) is 18.4 Å². The van der Waals surface area contributed by atoms with Gasteiger partial charge in [0, 0.05) is 21.4 Å². The predicted octanol–water partition coefficient (Wildman–Crippen LogP) is 6.39. The minimum Gasteiger partial charge on any atom is -0.369 e. The molecule has 3 aromatic rings. The summed E-state index contributed by atoms with van der Waals surface area (Å²) in [6.07, 6.45) is 8.92. The summed E-state index contributed by atoms with van der Waals surface area (Å²) in [5.74, 6) is 2.81. The zero-order chi connectivity index (χ0) is 20.9. The molecule has 0 bridgehead atoms. The number of nitrogens with two attached hydrogens (primary N) is 1. The SMILES string of the molecule is NCC1CCCC(CNc2nc(/C=C/c3ccc(Br)cc3)nc3cc(Cl)ccc23)C1. The molecule has 3 N–H and O–H groups in total. The van der Waals surface area contributed by atoms with Gasteiger partial charge in [-0.1, -0.05) is 52.2 Å². The van der Waals surface area contributed by atoms with Crippen molar-refractivity contribution < 1.29 is 0 Å². The van der Waals surface area contributed by atoms with Crippen LogP contribution in [0.1, 0.15) is 37.1 Å². The molecule has 1 aromatic heterocycles. The van der Waals surface area contributed by atoms with Crippen LogP contribution in [0.3, 0.4) is 0 Å². The fourth-order valence-corrected chi connectivity index (χ4v) is 4.55. The summed E-state index contributed by atoms with van der Waals surface area (Å²) in [7, 11) is 0. The summed E-state index contributed by atoms with van der Waals surface area (Å²) in [4.78, 5) is 9.50. The van der Waals surface area contributed by atoms with Crippen molar-refractivity contribution in [2.45, 2.75) is 25.7 Å². The maximum absolute atomic E-state index is 6.23. The number of nitrogens with one attached hydrogen (secondary N) is 1. The van der Waals surface area contributed by atoms with E-state index in [1.165, 1.54) is 25.7 Å². The fourth-order valence-electron chi connectivity index (χ4n) is 4.12. The lowest BCUT2D eigenvalue weighted by Gasteiger charge is -2.28. The van der Waals surface area contributed by atoms with E-state index >= 15 is 0 Å². The number of fused-ring (bicyclic) bond motifs is 1. The van der Waals surface area contributed by atoms with Gasteiger partial charge in [-0.15, -0.1) is 0 Å². The summed E-state index contributed by atoms with van der Waals surface area (Å²) in [6.45, 7) is 1.69. The second-order valence-corrected chi connectivity index (χ2v) is 9.34. The molecule has 2 aromatic carbocycles. The molecule has 0 spiro atoms. The summed E-state index contributed by atoms with van der Waals surface area (Å²) in [5, 5.41) is 5.26. The van der Waals surface area contributed by atoms with E-state index in [2.05, 4.69) is 33.4 Å². The molecule has 6 heteroatoms. The van der Waals surface area contributed by atoms with Crippen molar-refractivity contribution in [3.63, 3.8) is 0 Å². The molecule has 2 atom stereocenters. The van der Waals surface area contributed by atoms with Crippen LogP contribution in [0.4, 0.5) is 5.82 Å². The number of anilines is 1. The summed E-state index contributed by atoms with van der Waals surface area (Å²) < 4.78 is 1.06. The van der Waals surface area contributed by atoms with Gasteiger partial charge in [0.15, 0.2) is 5.82 Å². The predicted molar refractivity (Wildman–Crippen MR) is 131 cm³/mol. The van der Waals surface area contributed by atoms with Crippen LogP contribution in [0.25, 0.3) is 23.1 Å². The van der Waals surface area contributed by atoms with Crippen molar-refractivity contribution in [3.8, 4) is 0 Å². The average molecular weight is 486 g/mol. The first-order chi connectivity index (χ1) is 14.6. The molecular weight excluding hydrogens is 460 g/mol. The van der Waals surface area contributed by atoms with Gasteiger partial charge in [-0.05, 0) is 79.6 Å².